The van der Waals surface area contributed by atoms with Crippen LogP contribution in [0.1, 0.15) is 49.7 Å². The van der Waals surface area contributed by atoms with Crippen molar-refractivity contribution in [3.63, 3.8) is 0 Å². The molecule has 0 aliphatic heterocycles. The van der Waals surface area contributed by atoms with Gasteiger partial charge in [-0.3, -0.25) is 9.59 Å². The van der Waals surface area contributed by atoms with Crippen molar-refractivity contribution in [3.8, 4) is 23.8 Å². The average molecular weight is 439 g/mol. The second-order valence-corrected chi connectivity index (χ2v) is 6.76. The number of terminal acetylenes is 1. The minimum absolute atomic E-state index is 0.0698. The average Bonchev–Trinajstić information content (AvgIpc) is 2.78. The zero-order valence-electron chi connectivity index (χ0n) is 18.5. The first-order chi connectivity index (χ1) is 15.3. The van der Waals surface area contributed by atoms with Gasteiger partial charge in [-0.25, -0.2) is 0 Å². The van der Waals surface area contributed by atoms with Crippen LogP contribution in [0.25, 0.3) is 0 Å². The van der Waals surface area contributed by atoms with Crippen LogP contribution in [0.2, 0.25) is 0 Å². The van der Waals surface area contributed by atoms with Crippen molar-refractivity contribution in [2.45, 2.75) is 38.5 Å². The molecule has 0 bridgehead atoms. The summed E-state index contributed by atoms with van der Waals surface area (Å²) in [7, 11) is 0. The van der Waals surface area contributed by atoms with Gasteiger partial charge in [0.15, 0.2) is 0 Å². The molecule has 0 spiro atoms. The lowest BCUT2D eigenvalue weighted by atomic mass is 9.96. The van der Waals surface area contributed by atoms with E-state index in [1.807, 2.05) is 0 Å². The maximum atomic E-state index is 11.3. The van der Waals surface area contributed by atoms with Crippen molar-refractivity contribution >= 4 is 11.9 Å². The second-order valence-electron chi connectivity index (χ2n) is 6.76. The predicted octanol–water partition coefficient (Wildman–Crippen LogP) is 4.68. The van der Waals surface area contributed by atoms with Crippen LogP contribution in [-0.4, -0.2) is 35.4 Å². The first kappa shape index (κ1) is 26.3. The second kappa shape index (κ2) is 14.3. The standard InChI is InChI=1S/C13H16O3.C13H14O3/c2*1-3-10(9-13(15)16-4-2)11-5-7-12(14)8-6-11/h3,5-8,10,14H,1,4,9H2,2H3;1,5-8,10,14H,4,9H2,2H3/t2*10-/m11/s1. The van der Waals surface area contributed by atoms with Gasteiger partial charge in [0.05, 0.1) is 32.0 Å². The van der Waals surface area contributed by atoms with Gasteiger partial charge in [-0.2, -0.15) is 0 Å². The molecule has 0 aliphatic carbocycles. The number of benzene rings is 2. The highest BCUT2D eigenvalue weighted by Gasteiger charge is 2.14. The van der Waals surface area contributed by atoms with Crippen LogP contribution < -0.4 is 0 Å². The molecule has 2 aromatic rings. The maximum absolute atomic E-state index is 11.3. The monoisotopic (exact) mass is 438 g/mol. The van der Waals surface area contributed by atoms with E-state index in [0.717, 1.165) is 11.1 Å². The third-order valence-corrected chi connectivity index (χ3v) is 4.47. The molecule has 0 amide bonds. The Morgan fingerprint density at radius 1 is 0.906 bits per heavy atom. The van der Waals surface area contributed by atoms with Crippen molar-refractivity contribution in [2.75, 3.05) is 13.2 Å². The van der Waals surface area contributed by atoms with Crippen molar-refractivity contribution < 1.29 is 29.3 Å². The molecule has 2 rings (SSSR count). The number of hydrogen-bond donors (Lipinski definition) is 2. The Morgan fingerprint density at radius 2 is 1.34 bits per heavy atom. The number of esters is 2. The predicted molar refractivity (Wildman–Crippen MR) is 123 cm³/mol. The Kier molecular flexibility index (Phi) is 11.8. The van der Waals surface area contributed by atoms with Crippen LogP contribution in [0.4, 0.5) is 0 Å². The van der Waals surface area contributed by atoms with E-state index in [4.69, 9.17) is 26.1 Å². The van der Waals surface area contributed by atoms with Crippen LogP contribution in [0, 0.1) is 12.3 Å². The van der Waals surface area contributed by atoms with E-state index in [0.29, 0.717) is 13.2 Å². The number of hydrogen-bond acceptors (Lipinski definition) is 6. The van der Waals surface area contributed by atoms with E-state index in [2.05, 4.69) is 12.5 Å². The van der Waals surface area contributed by atoms with Crippen LogP contribution >= 0.6 is 0 Å². The lowest BCUT2D eigenvalue weighted by Crippen LogP contribution is -2.09. The Hall–Kier alpha value is -3.72. The summed E-state index contributed by atoms with van der Waals surface area (Å²) < 4.78 is 9.72. The van der Waals surface area contributed by atoms with Gasteiger partial charge in [0.25, 0.3) is 0 Å². The van der Waals surface area contributed by atoms with E-state index in [1.54, 1.807) is 68.5 Å². The topological polar surface area (TPSA) is 93.1 Å². The number of aromatic hydroxyl groups is 2. The smallest absolute Gasteiger partial charge is 0.307 e. The van der Waals surface area contributed by atoms with Gasteiger partial charge in [0.2, 0.25) is 0 Å². The molecule has 0 unspecified atom stereocenters. The fraction of sp³-hybridized carbons (Fsp3) is 0.308. The fourth-order valence-electron chi connectivity index (χ4n) is 2.82. The molecule has 6 nitrogen and oxygen atoms in total. The van der Waals surface area contributed by atoms with Crippen LogP contribution in [-0.2, 0) is 19.1 Å². The van der Waals surface area contributed by atoms with Gasteiger partial charge in [0.1, 0.15) is 11.5 Å². The Bertz CT molecular complexity index is 893. The molecule has 6 heteroatoms. The molecule has 0 saturated carbocycles. The molecule has 0 heterocycles. The molecular weight excluding hydrogens is 408 g/mol. The molecule has 0 fully saturated rings. The number of rotatable bonds is 9. The number of phenols is 2. The molecule has 0 aromatic heterocycles. The van der Waals surface area contributed by atoms with Crippen molar-refractivity contribution in [1.82, 2.24) is 0 Å². The number of carbonyl (C=O) groups excluding carboxylic acids is 2. The summed E-state index contributed by atoms with van der Waals surface area (Å²) in [5.74, 6) is 2.01. The highest BCUT2D eigenvalue weighted by molar-refractivity contribution is 5.71. The van der Waals surface area contributed by atoms with Gasteiger partial charge >= 0.3 is 11.9 Å². The summed E-state index contributed by atoms with van der Waals surface area (Å²) in [5.41, 5.74) is 1.77. The molecule has 2 atom stereocenters. The minimum Gasteiger partial charge on any atom is -0.508 e. The largest absolute Gasteiger partial charge is 0.508 e. The van der Waals surface area contributed by atoms with Crippen LogP contribution in [0.15, 0.2) is 61.2 Å². The van der Waals surface area contributed by atoms with E-state index in [1.165, 1.54) is 0 Å². The zero-order valence-corrected chi connectivity index (χ0v) is 18.5. The normalized spacial score (nSPS) is 11.7. The Labute approximate surface area is 189 Å². The lowest BCUT2D eigenvalue weighted by Gasteiger charge is -2.11. The molecule has 2 aromatic carbocycles. The molecular formula is C26H30O6. The van der Waals surface area contributed by atoms with E-state index < -0.39 is 0 Å². The van der Waals surface area contributed by atoms with E-state index >= 15 is 0 Å². The number of phenolic OH excluding ortho intramolecular Hbond substituents is 2. The summed E-state index contributed by atoms with van der Waals surface area (Å²) in [6.45, 7) is 7.98. The van der Waals surface area contributed by atoms with Crippen LogP contribution in [0.3, 0.4) is 0 Å². The SMILES string of the molecule is C#C[C@H](CC(=O)OCC)c1ccc(O)cc1.C=C[C@H](CC(=O)OCC)c1ccc(O)cc1. The Balaban J connectivity index is 0.000000320. The number of ether oxygens (including phenoxy) is 2. The highest BCUT2D eigenvalue weighted by Crippen LogP contribution is 2.23. The van der Waals surface area contributed by atoms with Crippen molar-refractivity contribution in [3.05, 3.63) is 72.3 Å². The summed E-state index contributed by atoms with van der Waals surface area (Å²) in [4.78, 5) is 22.6. The fourth-order valence-corrected chi connectivity index (χ4v) is 2.82. The maximum Gasteiger partial charge on any atom is 0.307 e. The summed E-state index contributed by atoms with van der Waals surface area (Å²) in [5, 5.41) is 18.3. The van der Waals surface area contributed by atoms with Gasteiger partial charge in [0, 0.05) is 5.92 Å². The zero-order chi connectivity index (χ0) is 23.9. The Morgan fingerprint density at radius 3 is 1.75 bits per heavy atom. The molecule has 0 saturated heterocycles. The van der Waals surface area contributed by atoms with Gasteiger partial charge in [-0.1, -0.05) is 36.3 Å². The van der Waals surface area contributed by atoms with Gasteiger partial charge < -0.3 is 19.7 Å². The quantitative estimate of drug-likeness (QED) is 0.336. The van der Waals surface area contributed by atoms with E-state index in [9.17, 15) is 9.59 Å². The molecule has 0 radical (unpaired) electrons. The van der Waals surface area contributed by atoms with Gasteiger partial charge in [-0.15, -0.1) is 13.0 Å². The molecule has 32 heavy (non-hydrogen) atoms. The van der Waals surface area contributed by atoms with E-state index in [-0.39, 0.29) is 48.1 Å². The minimum atomic E-state index is -0.307. The third-order valence-electron chi connectivity index (χ3n) is 4.47. The first-order valence-electron chi connectivity index (χ1n) is 10.3. The highest BCUT2D eigenvalue weighted by atomic mass is 16.5. The van der Waals surface area contributed by atoms with Crippen LogP contribution in [0.5, 0.6) is 11.5 Å². The third kappa shape index (κ3) is 9.40. The summed E-state index contributed by atoms with van der Waals surface area (Å²) >= 11 is 0. The van der Waals surface area contributed by atoms with Crippen molar-refractivity contribution in [1.29, 1.82) is 0 Å². The molecule has 2 N–H and O–H groups in total. The first-order valence-corrected chi connectivity index (χ1v) is 10.3. The number of allylic oxidation sites excluding steroid dienone is 1. The lowest BCUT2D eigenvalue weighted by molar-refractivity contribution is -0.144. The molecule has 0 aliphatic rings. The number of carbonyl (C=O) groups is 2. The summed E-state index contributed by atoms with van der Waals surface area (Å²) in [6, 6.07) is 13.3. The van der Waals surface area contributed by atoms with Crippen molar-refractivity contribution in [2.24, 2.45) is 0 Å². The summed E-state index contributed by atoms with van der Waals surface area (Å²) in [6.07, 6.45) is 7.52. The van der Waals surface area contributed by atoms with Gasteiger partial charge in [-0.05, 0) is 49.2 Å². The molecule has 170 valence electrons.